The molecule has 2 fully saturated rings. The first-order valence-electron chi connectivity index (χ1n) is 8.30. The molecule has 22 heavy (non-hydrogen) atoms. The number of amides is 2. The number of nitrogens with zero attached hydrogens (tertiary/aromatic N) is 2. The van der Waals surface area contributed by atoms with Gasteiger partial charge < -0.3 is 19.3 Å². The molecule has 0 N–H and O–H groups in total. The van der Waals surface area contributed by atoms with Crippen LogP contribution in [0.3, 0.4) is 0 Å². The average molecular weight is 312 g/mol. The number of hydrogen-bond donors (Lipinski definition) is 0. The summed E-state index contributed by atoms with van der Waals surface area (Å²) in [7, 11) is 1.48. The number of methoxy groups -OCH3 is 1. The van der Waals surface area contributed by atoms with Crippen LogP contribution in [0.1, 0.15) is 39.5 Å². The van der Waals surface area contributed by atoms with Gasteiger partial charge in [-0.1, -0.05) is 0 Å². The van der Waals surface area contributed by atoms with Gasteiger partial charge >= 0.3 is 0 Å². The van der Waals surface area contributed by atoms with E-state index in [9.17, 15) is 9.59 Å². The molecule has 2 amide bonds. The summed E-state index contributed by atoms with van der Waals surface area (Å²) in [4.78, 5) is 29.0. The van der Waals surface area contributed by atoms with E-state index in [4.69, 9.17) is 9.47 Å². The molecule has 2 heterocycles. The predicted octanol–water partition coefficient (Wildman–Crippen LogP) is 1.04. The molecule has 0 saturated carbocycles. The number of rotatable bonds is 6. The van der Waals surface area contributed by atoms with Gasteiger partial charge in [0.05, 0.1) is 6.10 Å². The summed E-state index contributed by atoms with van der Waals surface area (Å²) in [5, 5.41) is 0. The first-order valence-corrected chi connectivity index (χ1v) is 8.30. The zero-order valence-electron chi connectivity index (χ0n) is 13.9. The smallest absolute Gasteiger partial charge is 0.255 e. The fourth-order valence-electron chi connectivity index (χ4n) is 3.14. The van der Waals surface area contributed by atoms with Gasteiger partial charge in [0.2, 0.25) is 0 Å². The highest BCUT2D eigenvalue weighted by molar-refractivity contribution is 5.91. The van der Waals surface area contributed by atoms with Crippen molar-refractivity contribution < 1.29 is 19.1 Å². The SMILES string of the molecule is COC(C(=O)N1CCCC1)C(OC(C)C)C(=O)N1CCCC1. The number of hydrogen-bond acceptors (Lipinski definition) is 4. The van der Waals surface area contributed by atoms with Crippen molar-refractivity contribution in [2.24, 2.45) is 0 Å². The van der Waals surface area contributed by atoms with E-state index in [1.165, 1.54) is 7.11 Å². The van der Waals surface area contributed by atoms with Crippen LogP contribution in [0.4, 0.5) is 0 Å². The molecule has 0 bridgehead atoms. The largest absolute Gasteiger partial charge is 0.368 e. The van der Waals surface area contributed by atoms with E-state index in [0.717, 1.165) is 51.9 Å². The third kappa shape index (κ3) is 3.98. The van der Waals surface area contributed by atoms with Crippen LogP contribution in [0.15, 0.2) is 0 Å². The average Bonchev–Trinajstić information content (AvgIpc) is 3.18. The minimum Gasteiger partial charge on any atom is -0.368 e. The number of carbonyl (C=O) groups excluding carboxylic acids is 2. The van der Waals surface area contributed by atoms with E-state index in [-0.39, 0.29) is 17.9 Å². The third-order valence-corrected chi connectivity index (χ3v) is 4.27. The second-order valence-corrected chi connectivity index (χ2v) is 6.33. The fraction of sp³-hybridized carbons (Fsp3) is 0.875. The van der Waals surface area contributed by atoms with Crippen molar-refractivity contribution in [3.63, 3.8) is 0 Å². The zero-order chi connectivity index (χ0) is 16.1. The van der Waals surface area contributed by atoms with Gasteiger partial charge in [-0.3, -0.25) is 9.59 Å². The zero-order valence-corrected chi connectivity index (χ0v) is 13.9. The standard InChI is InChI=1S/C16H28N2O4/c1-12(2)22-14(16(20)18-10-6-7-11-18)13(21-3)15(19)17-8-4-5-9-17/h12-14H,4-11H2,1-3H3. The van der Waals surface area contributed by atoms with Crippen LogP contribution in [0.5, 0.6) is 0 Å². The molecular formula is C16H28N2O4. The van der Waals surface area contributed by atoms with Crippen molar-refractivity contribution in [3.8, 4) is 0 Å². The summed E-state index contributed by atoms with van der Waals surface area (Å²) >= 11 is 0. The van der Waals surface area contributed by atoms with Crippen molar-refractivity contribution >= 4 is 11.8 Å². The fourth-order valence-corrected chi connectivity index (χ4v) is 3.14. The first kappa shape index (κ1) is 17.2. The van der Waals surface area contributed by atoms with Gasteiger partial charge in [-0.05, 0) is 39.5 Å². The second-order valence-electron chi connectivity index (χ2n) is 6.33. The summed E-state index contributed by atoms with van der Waals surface area (Å²) in [5.41, 5.74) is 0. The molecule has 126 valence electrons. The van der Waals surface area contributed by atoms with Crippen molar-refractivity contribution in [3.05, 3.63) is 0 Å². The number of ether oxygens (including phenoxy) is 2. The Morgan fingerprint density at radius 3 is 1.59 bits per heavy atom. The van der Waals surface area contributed by atoms with Gasteiger partial charge in [0.25, 0.3) is 11.8 Å². The summed E-state index contributed by atoms with van der Waals surface area (Å²) < 4.78 is 11.2. The molecular weight excluding hydrogens is 284 g/mol. The maximum Gasteiger partial charge on any atom is 0.255 e. The Morgan fingerprint density at radius 1 is 0.818 bits per heavy atom. The van der Waals surface area contributed by atoms with E-state index in [1.807, 2.05) is 13.8 Å². The summed E-state index contributed by atoms with van der Waals surface area (Å²) in [6, 6.07) is 0. The van der Waals surface area contributed by atoms with Crippen LogP contribution in [-0.4, -0.2) is 73.2 Å². The molecule has 0 aromatic heterocycles. The predicted molar refractivity (Wildman–Crippen MR) is 82.4 cm³/mol. The molecule has 2 saturated heterocycles. The molecule has 0 radical (unpaired) electrons. The number of likely N-dealkylation sites (tertiary alicyclic amines) is 2. The quantitative estimate of drug-likeness (QED) is 0.735. The molecule has 0 spiro atoms. The topological polar surface area (TPSA) is 59.1 Å². The Hall–Kier alpha value is -1.14. The molecule has 2 aliphatic heterocycles. The molecule has 2 aliphatic rings. The highest BCUT2D eigenvalue weighted by atomic mass is 16.5. The monoisotopic (exact) mass is 312 g/mol. The van der Waals surface area contributed by atoms with Crippen LogP contribution in [0.25, 0.3) is 0 Å². The van der Waals surface area contributed by atoms with Crippen LogP contribution >= 0.6 is 0 Å². The van der Waals surface area contributed by atoms with Crippen LogP contribution in [0.2, 0.25) is 0 Å². The highest BCUT2D eigenvalue weighted by Gasteiger charge is 2.41. The Labute approximate surface area is 132 Å². The lowest BCUT2D eigenvalue weighted by Gasteiger charge is -2.31. The molecule has 6 heteroatoms. The Balaban J connectivity index is 2.13. The molecule has 2 atom stereocenters. The summed E-state index contributed by atoms with van der Waals surface area (Å²) in [6.07, 6.45) is 2.21. The lowest BCUT2D eigenvalue weighted by Crippen LogP contribution is -2.53. The molecule has 0 aliphatic carbocycles. The Kier molecular flexibility index (Phi) is 6.20. The van der Waals surface area contributed by atoms with E-state index in [2.05, 4.69) is 0 Å². The summed E-state index contributed by atoms with van der Waals surface area (Å²) in [6.45, 7) is 6.71. The van der Waals surface area contributed by atoms with Gasteiger partial charge in [-0.15, -0.1) is 0 Å². The minimum absolute atomic E-state index is 0.120. The van der Waals surface area contributed by atoms with E-state index in [0.29, 0.717) is 0 Å². The van der Waals surface area contributed by atoms with Crippen LogP contribution in [0, 0.1) is 0 Å². The Bertz CT molecular complexity index is 388. The van der Waals surface area contributed by atoms with Crippen molar-refractivity contribution in [1.29, 1.82) is 0 Å². The lowest BCUT2D eigenvalue weighted by molar-refractivity contribution is -0.168. The van der Waals surface area contributed by atoms with E-state index < -0.39 is 12.2 Å². The number of carbonyl (C=O) groups is 2. The molecule has 6 nitrogen and oxygen atoms in total. The second kappa shape index (κ2) is 7.92. The van der Waals surface area contributed by atoms with Gasteiger partial charge in [0.1, 0.15) is 0 Å². The van der Waals surface area contributed by atoms with Crippen LogP contribution in [-0.2, 0) is 19.1 Å². The van der Waals surface area contributed by atoms with Gasteiger partial charge in [0.15, 0.2) is 12.2 Å². The Morgan fingerprint density at radius 2 is 1.23 bits per heavy atom. The normalized spacial score (nSPS) is 21.5. The summed E-state index contributed by atoms with van der Waals surface area (Å²) in [5.74, 6) is -0.246. The van der Waals surface area contributed by atoms with Gasteiger partial charge in [-0.2, -0.15) is 0 Å². The maximum atomic E-state index is 12.8. The molecule has 2 rings (SSSR count). The van der Waals surface area contributed by atoms with E-state index in [1.54, 1.807) is 9.80 Å². The van der Waals surface area contributed by atoms with Crippen molar-refractivity contribution in [2.75, 3.05) is 33.3 Å². The minimum atomic E-state index is -0.853. The van der Waals surface area contributed by atoms with Crippen molar-refractivity contribution in [2.45, 2.75) is 57.8 Å². The molecule has 0 aromatic carbocycles. The highest BCUT2D eigenvalue weighted by Crippen LogP contribution is 2.19. The van der Waals surface area contributed by atoms with Gasteiger partial charge in [0, 0.05) is 33.3 Å². The lowest BCUT2D eigenvalue weighted by atomic mass is 10.1. The van der Waals surface area contributed by atoms with E-state index >= 15 is 0 Å². The maximum absolute atomic E-state index is 12.8. The first-order chi connectivity index (χ1) is 10.5. The molecule has 2 unspecified atom stereocenters. The van der Waals surface area contributed by atoms with Gasteiger partial charge in [-0.25, -0.2) is 0 Å². The third-order valence-electron chi connectivity index (χ3n) is 4.27. The van der Waals surface area contributed by atoms with Crippen molar-refractivity contribution in [1.82, 2.24) is 9.80 Å². The van der Waals surface area contributed by atoms with Crippen LogP contribution < -0.4 is 0 Å². The molecule has 0 aromatic rings.